The van der Waals surface area contributed by atoms with Crippen LogP contribution in [0.5, 0.6) is 0 Å². The Labute approximate surface area is 149 Å². The maximum atomic E-state index is 12.8. The molecule has 128 valence electrons. The molecule has 0 unspecified atom stereocenters. The number of aromatic nitrogens is 2. The highest BCUT2D eigenvalue weighted by molar-refractivity contribution is 8.00. The maximum Gasteiger partial charge on any atom is 0.262 e. The van der Waals surface area contributed by atoms with E-state index in [1.165, 1.54) is 11.8 Å². The number of benzene rings is 1. The Bertz CT molecular complexity index is 846. The van der Waals surface area contributed by atoms with Gasteiger partial charge in [-0.2, -0.15) is 0 Å². The van der Waals surface area contributed by atoms with Gasteiger partial charge in [0.1, 0.15) is 0 Å². The van der Waals surface area contributed by atoms with Crippen molar-refractivity contribution in [2.45, 2.75) is 56.1 Å². The molecule has 0 aliphatic heterocycles. The van der Waals surface area contributed by atoms with Crippen LogP contribution in [-0.2, 0) is 4.79 Å². The lowest BCUT2D eigenvalue weighted by atomic mass is 10.2. The van der Waals surface area contributed by atoms with Crippen LogP contribution in [0.2, 0.25) is 5.02 Å². The van der Waals surface area contributed by atoms with E-state index in [4.69, 9.17) is 11.6 Å². The number of carbonyl (C=O) groups is 1. The molecule has 5 nitrogen and oxygen atoms in total. The van der Waals surface area contributed by atoms with Gasteiger partial charge in [-0.15, -0.1) is 0 Å². The smallest absolute Gasteiger partial charge is 0.262 e. The molecule has 0 spiro atoms. The van der Waals surface area contributed by atoms with Crippen LogP contribution in [0.4, 0.5) is 0 Å². The largest absolute Gasteiger partial charge is 0.352 e. The molecule has 1 aromatic carbocycles. The lowest BCUT2D eigenvalue weighted by Gasteiger charge is -2.18. The summed E-state index contributed by atoms with van der Waals surface area (Å²) in [6, 6.07) is 5.34. The molecule has 1 N–H and O–H groups in total. The van der Waals surface area contributed by atoms with Crippen molar-refractivity contribution < 1.29 is 4.79 Å². The zero-order valence-electron chi connectivity index (χ0n) is 13.9. The van der Waals surface area contributed by atoms with Crippen molar-refractivity contribution in [2.75, 3.05) is 0 Å². The van der Waals surface area contributed by atoms with Crippen molar-refractivity contribution >= 4 is 40.2 Å². The Morgan fingerprint density at radius 1 is 1.38 bits per heavy atom. The van der Waals surface area contributed by atoms with E-state index in [1.54, 1.807) is 22.8 Å². The van der Waals surface area contributed by atoms with E-state index < -0.39 is 0 Å². The molecule has 1 atom stereocenters. The van der Waals surface area contributed by atoms with Gasteiger partial charge >= 0.3 is 0 Å². The maximum absolute atomic E-state index is 12.8. The minimum absolute atomic E-state index is 0.0155. The molecule has 0 saturated heterocycles. The van der Waals surface area contributed by atoms with E-state index in [0.717, 1.165) is 12.8 Å². The number of rotatable bonds is 5. The lowest BCUT2D eigenvalue weighted by molar-refractivity contribution is -0.120. The van der Waals surface area contributed by atoms with Gasteiger partial charge in [0.2, 0.25) is 5.91 Å². The molecule has 0 bridgehead atoms. The van der Waals surface area contributed by atoms with Gasteiger partial charge in [-0.05, 0) is 51.8 Å². The highest BCUT2D eigenvalue weighted by Gasteiger charge is 2.27. The van der Waals surface area contributed by atoms with Gasteiger partial charge in [-0.1, -0.05) is 23.4 Å². The molecular weight excluding hydrogens is 346 g/mol. The SMILES string of the molecule is CC(C)n1c(S[C@H](C)C(=O)NC2CC2)nc2cc(Cl)ccc2c1=O. The normalized spacial score (nSPS) is 15.7. The van der Waals surface area contributed by atoms with E-state index in [2.05, 4.69) is 10.3 Å². The zero-order valence-corrected chi connectivity index (χ0v) is 15.4. The summed E-state index contributed by atoms with van der Waals surface area (Å²) in [5.41, 5.74) is 0.450. The molecule has 7 heteroatoms. The number of nitrogens with one attached hydrogen (secondary N) is 1. The van der Waals surface area contributed by atoms with E-state index in [-0.39, 0.29) is 22.8 Å². The second-order valence-corrected chi connectivity index (χ2v) is 8.11. The van der Waals surface area contributed by atoms with Gasteiger partial charge in [-0.25, -0.2) is 4.98 Å². The van der Waals surface area contributed by atoms with Gasteiger partial charge in [0, 0.05) is 17.1 Å². The number of carbonyl (C=O) groups excluding carboxylic acids is 1. The van der Waals surface area contributed by atoms with Crippen LogP contribution in [0, 0.1) is 0 Å². The van der Waals surface area contributed by atoms with Gasteiger partial charge in [0.05, 0.1) is 16.2 Å². The fraction of sp³-hybridized carbons (Fsp3) is 0.471. The Morgan fingerprint density at radius 2 is 2.08 bits per heavy atom. The molecule has 1 aliphatic carbocycles. The first kappa shape index (κ1) is 17.3. The summed E-state index contributed by atoms with van der Waals surface area (Å²) < 4.78 is 1.64. The summed E-state index contributed by atoms with van der Waals surface area (Å²) in [5.74, 6) is -0.0155. The van der Waals surface area contributed by atoms with Crippen molar-refractivity contribution in [3.63, 3.8) is 0 Å². The molecular formula is C17H20ClN3O2S. The summed E-state index contributed by atoms with van der Waals surface area (Å²) in [6.45, 7) is 5.70. The number of hydrogen-bond acceptors (Lipinski definition) is 4. The second-order valence-electron chi connectivity index (χ2n) is 6.37. The van der Waals surface area contributed by atoms with Gasteiger partial charge in [0.15, 0.2) is 5.16 Å². The van der Waals surface area contributed by atoms with E-state index in [0.29, 0.717) is 27.1 Å². The molecule has 1 fully saturated rings. The highest BCUT2D eigenvalue weighted by Crippen LogP contribution is 2.27. The number of thioether (sulfide) groups is 1. The van der Waals surface area contributed by atoms with Crippen LogP contribution >= 0.6 is 23.4 Å². The lowest BCUT2D eigenvalue weighted by Crippen LogP contribution is -2.33. The van der Waals surface area contributed by atoms with Gasteiger partial charge in [-0.3, -0.25) is 14.2 Å². The average Bonchev–Trinajstić information content (AvgIpc) is 3.30. The highest BCUT2D eigenvalue weighted by atomic mass is 35.5. The fourth-order valence-electron chi connectivity index (χ4n) is 2.45. The molecule has 0 radical (unpaired) electrons. The standard InChI is InChI=1S/C17H20ClN3O2S/c1-9(2)21-16(23)13-7-4-11(18)8-14(13)20-17(21)24-10(3)15(22)19-12-5-6-12/h4,7-10,12H,5-6H2,1-3H3,(H,19,22)/t10-/m1/s1. The molecule has 1 saturated carbocycles. The monoisotopic (exact) mass is 365 g/mol. The quantitative estimate of drug-likeness (QED) is 0.651. The molecule has 1 amide bonds. The zero-order chi connectivity index (χ0) is 17.4. The van der Waals surface area contributed by atoms with E-state index in [9.17, 15) is 9.59 Å². The third-order valence-electron chi connectivity index (χ3n) is 3.92. The van der Waals surface area contributed by atoms with Crippen molar-refractivity contribution in [3.05, 3.63) is 33.6 Å². The number of amides is 1. The predicted octanol–water partition coefficient (Wildman–Crippen LogP) is 3.39. The van der Waals surface area contributed by atoms with Crippen LogP contribution in [0.3, 0.4) is 0 Å². The third kappa shape index (κ3) is 3.59. The first-order chi connectivity index (χ1) is 11.4. The van der Waals surface area contributed by atoms with Crippen molar-refractivity contribution in [1.82, 2.24) is 14.9 Å². The molecule has 3 rings (SSSR count). The minimum atomic E-state index is -0.320. The van der Waals surface area contributed by atoms with Crippen molar-refractivity contribution in [1.29, 1.82) is 0 Å². The summed E-state index contributed by atoms with van der Waals surface area (Å²) >= 11 is 7.33. The topological polar surface area (TPSA) is 64.0 Å². The Kier molecular flexibility index (Phi) is 4.88. The van der Waals surface area contributed by atoms with Crippen molar-refractivity contribution in [2.24, 2.45) is 0 Å². The summed E-state index contributed by atoms with van der Waals surface area (Å²) in [7, 11) is 0. The number of nitrogens with zero attached hydrogens (tertiary/aromatic N) is 2. The van der Waals surface area contributed by atoms with Crippen LogP contribution in [0.1, 0.15) is 39.7 Å². The fourth-order valence-corrected chi connectivity index (χ4v) is 3.66. The van der Waals surface area contributed by atoms with Crippen LogP contribution in [0.15, 0.2) is 28.2 Å². The van der Waals surface area contributed by atoms with Crippen molar-refractivity contribution in [3.8, 4) is 0 Å². The first-order valence-corrected chi connectivity index (χ1v) is 9.31. The summed E-state index contributed by atoms with van der Waals surface area (Å²) in [5, 5.41) is 4.28. The summed E-state index contributed by atoms with van der Waals surface area (Å²) in [4.78, 5) is 29.6. The molecule has 2 aromatic rings. The second kappa shape index (κ2) is 6.76. The van der Waals surface area contributed by atoms with Crippen LogP contribution in [-0.4, -0.2) is 26.8 Å². The molecule has 1 heterocycles. The predicted molar refractivity (Wildman–Crippen MR) is 97.9 cm³/mol. The van der Waals surface area contributed by atoms with E-state index in [1.807, 2.05) is 20.8 Å². The number of hydrogen-bond donors (Lipinski definition) is 1. The molecule has 1 aromatic heterocycles. The Balaban J connectivity index is 1.99. The van der Waals surface area contributed by atoms with Gasteiger partial charge in [0.25, 0.3) is 5.56 Å². The number of halogens is 1. The van der Waals surface area contributed by atoms with Crippen LogP contribution < -0.4 is 10.9 Å². The summed E-state index contributed by atoms with van der Waals surface area (Å²) in [6.07, 6.45) is 2.10. The average molecular weight is 366 g/mol. The van der Waals surface area contributed by atoms with Gasteiger partial charge < -0.3 is 5.32 Å². The Morgan fingerprint density at radius 3 is 2.71 bits per heavy atom. The molecule has 24 heavy (non-hydrogen) atoms. The first-order valence-electron chi connectivity index (χ1n) is 8.05. The number of fused-ring (bicyclic) bond motifs is 1. The Hall–Kier alpha value is -1.53. The minimum Gasteiger partial charge on any atom is -0.352 e. The molecule has 1 aliphatic rings. The van der Waals surface area contributed by atoms with Crippen LogP contribution in [0.25, 0.3) is 10.9 Å². The van der Waals surface area contributed by atoms with E-state index >= 15 is 0 Å². The third-order valence-corrected chi connectivity index (χ3v) is 5.22.